The zero-order valence-electron chi connectivity index (χ0n) is 15.7. The molecule has 2 saturated heterocycles. The van der Waals surface area contributed by atoms with Crippen LogP contribution in [0.1, 0.15) is 19.4 Å². The molecule has 0 saturated carbocycles. The summed E-state index contributed by atoms with van der Waals surface area (Å²) >= 11 is 0. The molecular formula is C21H25N3O3. The van der Waals surface area contributed by atoms with Gasteiger partial charge in [-0.15, -0.1) is 0 Å². The van der Waals surface area contributed by atoms with Crippen LogP contribution in [0.2, 0.25) is 0 Å². The number of amides is 2. The summed E-state index contributed by atoms with van der Waals surface area (Å²) in [6.07, 6.45) is 0. The molecule has 142 valence electrons. The Balaban J connectivity index is 1.44. The maximum atomic E-state index is 12.6. The highest BCUT2D eigenvalue weighted by atomic mass is 16.5. The van der Waals surface area contributed by atoms with Crippen LogP contribution in [0.25, 0.3) is 0 Å². The first-order valence-corrected chi connectivity index (χ1v) is 9.31. The third-order valence-electron chi connectivity index (χ3n) is 5.17. The van der Waals surface area contributed by atoms with Crippen LogP contribution in [0, 0.1) is 0 Å². The van der Waals surface area contributed by atoms with Gasteiger partial charge in [0.15, 0.2) is 0 Å². The molecule has 0 unspecified atom stereocenters. The third-order valence-corrected chi connectivity index (χ3v) is 5.17. The molecular weight excluding hydrogens is 342 g/mol. The smallest absolute Gasteiger partial charge is 0.324 e. The summed E-state index contributed by atoms with van der Waals surface area (Å²) in [5, 5.41) is 13.4. The van der Waals surface area contributed by atoms with Crippen molar-refractivity contribution < 1.29 is 14.6 Å². The van der Waals surface area contributed by atoms with Crippen LogP contribution in [0.4, 0.5) is 10.5 Å². The SMILES string of the molecule is CC(C)(O)c1ccc(Oc2ccc(N3C[C@@H]4CNCCN4C3=O)cc2)cc1. The van der Waals surface area contributed by atoms with E-state index in [-0.39, 0.29) is 12.1 Å². The average Bonchev–Trinajstić information content (AvgIpc) is 2.99. The molecule has 2 aromatic rings. The van der Waals surface area contributed by atoms with Crippen molar-refractivity contribution in [3.05, 3.63) is 54.1 Å². The molecule has 0 spiro atoms. The predicted octanol–water partition coefficient (Wildman–Crippen LogP) is 2.92. The fourth-order valence-corrected chi connectivity index (χ4v) is 3.60. The molecule has 2 N–H and O–H groups in total. The highest BCUT2D eigenvalue weighted by Crippen LogP contribution is 2.29. The summed E-state index contributed by atoms with van der Waals surface area (Å²) < 4.78 is 5.88. The number of fused-ring (bicyclic) bond motifs is 1. The number of ether oxygens (including phenoxy) is 1. The summed E-state index contributed by atoms with van der Waals surface area (Å²) in [5.74, 6) is 1.41. The Morgan fingerprint density at radius 2 is 1.70 bits per heavy atom. The van der Waals surface area contributed by atoms with E-state index < -0.39 is 5.60 Å². The van der Waals surface area contributed by atoms with Crippen LogP contribution >= 0.6 is 0 Å². The molecule has 2 aromatic carbocycles. The molecule has 0 bridgehead atoms. The van der Waals surface area contributed by atoms with Crippen molar-refractivity contribution in [1.82, 2.24) is 10.2 Å². The van der Waals surface area contributed by atoms with Gasteiger partial charge < -0.3 is 20.1 Å². The number of hydrogen-bond donors (Lipinski definition) is 2. The van der Waals surface area contributed by atoms with Crippen LogP contribution in [0.5, 0.6) is 11.5 Å². The maximum absolute atomic E-state index is 12.6. The number of carbonyl (C=O) groups is 1. The first-order chi connectivity index (χ1) is 12.9. The van der Waals surface area contributed by atoms with Crippen LogP contribution in [-0.4, -0.2) is 48.3 Å². The van der Waals surface area contributed by atoms with E-state index in [1.165, 1.54) is 0 Å². The Morgan fingerprint density at radius 3 is 2.30 bits per heavy atom. The lowest BCUT2D eigenvalue weighted by Crippen LogP contribution is -2.49. The van der Waals surface area contributed by atoms with Crippen molar-refractivity contribution in [3.8, 4) is 11.5 Å². The largest absolute Gasteiger partial charge is 0.457 e. The van der Waals surface area contributed by atoms with Crippen LogP contribution < -0.4 is 15.0 Å². The van der Waals surface area contributed by atoms with Crippen molar-refractivity contribution in [3.63, 3.8) is 0 Å². The van der Waals surface area contributed by atoms with E-state index in [1.54, 1.807) is 13.8 Å². The fraction of sp³-hybridized carbons (Fsp3) is 0.381. The molecule has 6 nitrogen and oxygen atoms in total. The van der Waals surface area contributed by atoms with Gasteiger partial charge in [0.25, 0.3) is 0 Å². The highest BCUT2D eigenvalue weighted by Gasteiger charge is 2.38. The Labute approximate surface area is 159 Å². The lowest BCUT2D eigenvalue weighted by atomic mass is 9.99. The lowest BCUT2D eigenvalue weighted by molar-refractivity contribution is 0.0785. The van der Waals surface area contributed by atoms with Crippen molar-refractivity contribution in [2.45, 2.75) is 25.5 Å². The highest BCUT2D eigenvalue weighted by molar-refractivity contribution is 5.94. The number of hydrogen-bond acceptors (Lipinski definition) is 4. The summed E-state index contributed by atoms with van der Waals surface area (Å²) in [5.41, 5.74) is 0.855. The second kappa shape index (κ2) is 6.87. The fourth-order valence-electron chi connectivity index (χ4n) is 3.60. The zero-order chi connectivity index (χ0) is 19.0. The Kier molecular flexibility index (Phi) is 4.53. The quantitative estimate of drug-likeness (QED) is 0.872. The number of nitrogens with zero attached hydrogens (tertiary/aromatic N) is 2. The summed E-state index contributed by atoms with van der Waals surface area (Å²) in [7, 11) is 0. The van der Waals surface area contributed by atoms with Crippen molar-refractivity contribution >= 4 is 11.7 Å². The van der Waals surface area contributed by atoms with E-state index in [1.807, 2.05) is 58.3 Å². The molecule has 0 radical (unpaired) electrons. The molecule has 1 atom stereocenters. The molecule has 27 heavy (non-hydrogen) atoms. The zero-order valence-corrected chi connectivity index (χ0v) is 15.7. The lowest BCUT2D eigenvalue weighted by Gasteiger charge is -2.28. The van der Waals surface area contributed by atoms with Crippen LogP contribution in [0.3, 0.4) is 0 Å². The van der Waals surface area contributed by atoms with Gasteiger partial charge in [-0.2, -0.15) is 0 Å². The van der Waals surface area contributed by atoms with Gasteiger partial charge in [-0.3, -0.25) is 4.90 Å². The topological polar surface area (TPSA) is 65.0 Å². The molecule has 2 aliphatic heterocycles. The van der Waals surface area contributed by atoms with Gasteiger partial charge in [0, 0.05) is 31.9 Å². The number of piperazine rings is 1. The molecule has 4 rings (SSSR count). The Morgan fingerprint density at radius 1 is 1.07 bits per heavy atom. The van der Waals surface area contributed by atoms with E-state index in [2.05, 4.69) is 5.32 Å². The molecule has 2 aliphatic rings. The monoisotopic (exact) mass is 367 g/mol. The molecule has 6 heteroatoms. The van der Waals surface area contributed by atoms with Gasteiger partial charge in [-0.05, 0) is 55.8 Å². The van der Waals surface area contributed by atoms with E-state index in [0.717, 1.165) is 30.9 Å². The normalized spacial score (nSPS) is 20.0. The van der Waals surface area contributed by atoms with E-state index in [9.17, 15) is 9.90 Å². The minimum absolute atomic E-state index is 0.0809. The van der Waals surface area contributed by atoms with Crippen molar-refractivity contribution in [2.75, 3.05) is 31.1 Å². The standard InChI is InChI=1S/C21H25N3O3/c1-21(2,26)15-3-7-18(8-4-15)27-19-9-5-16(6-10-19)24-14-17-13-22-11-12-23(17)20(24)25/h3-10,17,22,26H,11-14H2,1-2H3/t17-/m0/s1. The van der Waals surface area contributed by atoms with Gasteiger partial charge in [0.2, 0.25) is 0 Å². The number of urea groups is 1. The first kappa shape index (κ1) is 17.8. The molecule has 2 amide bonds. The third kappa shape index (κ3) is 3.63. The van der Waals surface area contributed by atoms with E-state index >= 15 is 0 Å². The minimum atomic E-state index is -0.870. The minimum Gasteiger partial charge on any atom is -0.457 e. The van der Waals surface area contributed by atoms with E-state index in [4.69, 9.17) is 4.74 Å². The second-order valence-corrected chi connectivity index (χ2v) is 7.62. The number of rotatable bonds is 4. The number of anilines is 1. The summed E-state index contributed by atoms with van der Waals surface area (Å²) in [6, 6.07) is 15.3. The number of nitrogens with one attached hydrogen (secondary N) is 1. The van der Waals surface area contributed by atoms with Crippen LogP contribution in [0.15, 0.2) is 48.5 Å². The number of aliphatic hydroxyl groups is 1. The first-order valence-electron chi connectivity index (χ1n) is 9.31. The van der Waals surface area contributed by atoms with E-state index in [0.29, 0.717) is 18.0 Å². The molecule has 0 aliphatic carbocycles. The summed E-state index contributed by atoms with van der Waals surface area (Å²) in [4.78, 5) is 16.4. The number of carbonyl (C=O) groups excluding carboxylic acids is 1. The Bertz CT molecular complexity index is 812. The predicted molar refractivity (Wildman–Crippen MR) is 104 cm³/mol. The van der Waals surface area contributed by atoms with Gasteiger partial charge in [-0.25, -0.2) is 4.79 Å². The van der Waals surface area contributed by atoms with Crippen molar-refractivity contribution in [1.29, 1.82) is 0 Å². The molecule has 2 heterocycles. The Hall–Kier alpha value is -2.57. The molecule has 2 fully saturated rings. The van der Waals surface area contributed by atoms with Gasteiger partial charge in [0.05, 0.1) is 11.6 Å². The number of benzene rings is 2. The average molecular weight is 367 g/mol. The van der Waals surface area contributed by atoms with Gasteiger partial charge in [-0.1, -0.05) is 12.1 Å². The van der Waals surface area contributed by atoms with Crippen molar-refractivity contribution in [2.24, 2.45) is 0 Å². The molecule has 0 aromatic heterocycles. The van der Waals surface area contributed by atoms with Gasteiger partial charge in [0.1, 0.15) is 11.5 Å². The van der Waals surface area contributed by atoms with Gasteiger partial charge >= 0.3 is 6.03 Å². The maximum Gasteiger partial charge on any atom is 0.324 e. The van der Waals surface area contributed by atoms with Crippen LogP contribution in [-0.2, 0) is 5.60 Å². The second-order valence-electron chi connectivity index (χ2n) is 7.62. The summed E-state index contributed by atoms with van der Waals surface area (Å²) in [6.45, 7) is 6.69.